The molecule has 4 N–H and O–H groups in total. The number of fused-ring (bicyclic) bond motifs is 5. The summed E-state index contributed by atoms with van der Waals surface area (Å²) < 4.78 is 31.8. The first kappa shape index (κ1) is 24.0. The molecule has 7 rings (SSSR count). The molecule has 3 aromatic rings. The van der Waals surface area contributed by atoms with Crippen molar-refractivity contribution in [1.82, 2.24) is 20.3 Å². The Hall–Kier alpha value is -3.41. The molecular weight excluding hydrogens is 479 g/mol. The van der Waals surface area contributed by atoms with E-state index in [9.17, 15) is 9.18 Å². The number of anilines is 1. The van der Waals surface area contributed by atoms with E-state index in [4.69, 9.17) is 19.9 Å². The SMILES string of the molecule is COc1ccc2ncc(F)c(CC(N)C34CCC(NCc5ccc6c(n5)OC(=O)CN6)(CC3)CO4)c2n1. The predicted octanol–water partition coefficient (Wildman–Crippen LogP) is 2.24. The third-order valence-electron chi connectivity index (χ3n) is 7.93. The van der Waals surface area contributed by atoms with Crippen LogP contribution in [0.5, 0.6) is 11.8 Å². The highest BCUT2D eigenvalue weighted by Crippen LogP contribution is 2.46. The maximum atomic E-state index is 14.9. The summed E-state index contributed by atoms with van der Waals surface area (Å²) in [4.78, 5) is 24.6. The molecule has 2 saturated heterocycles. The van der Waals surface area contributed by atoms with Gasteiger partial charge in [0, 0.05) is 29.8 Å². The Balaban J connectivity index is 1.13. The largest absolute Gasteiger partial charge is 0.481 e. The second-order valence-electron chi connectivity index (χ2n) is 10.1. The number of esters is 1. The molecule has 1 saturated carbocycles. The highest BCUT2D eigenvalue weighted by Gasteiger charge is 2.52. The molecule has 0 aromatic carbocycles. The quantitative estimate of drug-likeness (QED) is 0.408. The van der Waals surface area contributed by atoms with Gasteiger partial charge in [0.15, 0.2) is 0 Å². The number of ether oxygens (including phenoxy) is 3. The maximum absolute atomic E-state index is 14.9. The molecule has 3 fully saturated rings. The zero-order valence-corrected chi connectivity index (χ0v) is 20.6. The molecule has 2 bridgehead atoms. The van der Waals surface area contributed by atoms with Crippen LogP contribution in [0.3, 0.4) is 0 Å². The van der Waals surface area contributed by atoms with E-state index in [-0.39, 0.29) is 24.5 Å². The van der Waals surface area contributed by atoms with Crippen LogP contribution in [0.2, 0.25) is 0 Å². The van der Waals surface area contributed by atoms with Gasteiger partial charge in [-0.25, -0.2) is 19.2 Å². The van der Waals surface area contributed by atoms with Gasteiger partial charge in [0.05, 0.1) is 47.9 Å². The minimum atomic E-state index is -0.520. The van der Waals surface area contributed by atoms with Crippen molar-refractivity contribution in [2.45, 2.75) is 55.8 Å². The van der Waals surface area contributed by atoms with Gasteiger partial charge in [0.25, 0.3) is 0 Å². The third kappa shape index (κ3) is 4.36. The van der Waals surface area contributed by atoms with E-state index in [0.717, 1.165) is 31.4 Å². The number of carbonyl (C=O) groups excluding carboxylic acids is 1. The molecule has 0 spiro atoms. The number of nitrogens with two attached hydrogens (primary N) is 1. The molecule has 0 radical (unpaired) electrons. The average Bonchev–Trinajstić information content (AvgIpc) is 2.94. The number of methoxy groups -OCH3 is 1. The molecule has 11 heteroatoms. The molecule has 1 aliphatic carbocycles. The summed E-state index contributed by atoms with van der Waals surface area (Å²) in [6.45, 7) is 1.17. The average molecular weight is 509 g/mol. The summed E-state index contributed by atoms with van der Waals surface area (Å²) in [5.41, 5.74) is 9.01. The van der Waals surface area contributed by atoms with Crippen molar-refractivity contribution in [3.05, 3.63) is 47.5 Å². The van der Waals surface area contributed by atoms with Crippen LogP contribution in [0.1, 0.15) is 36.9 Å². The first-order chi connectivity index (χ1) is 17.9. The monoisotopic (exact) mass is 508 g/mol. The van der Waals surface area contributed by atoms with Gasteiger partial charge in [-0.1, -0.05) is 0 Å². The molecule has 10 nitrogen and oxygen atoms in total. The molecule has 37 heavy (non-hydrogen) atoms. The highest BCUT2D eigenvalue weighted by atomic mass is 19.1. The van der Waals surface area contributed by atoms with E-state index in [0.29, 0.717) is 47.2 Å². The minimum absolute atomic E-state index is 0.144. The van der Waals surface area contributed by atoms with Crippen molar-refractivity contribution >= 4 is 22.7 Å². The number of nitrogens with zero attached hydrogens (tertiary/aromatic N) is 3. The summed E-state index contributed by atoms with van der Waals surface area (Å²) in [6.07, 6.45) is 4.81. The zero-order valence-electron chi connectivity index (χ0n) is 20.6. The van der Waals surface area contributed by atoms with Crippen LogP contribution in [0, 0.1) is 5.82 Å². The molecule has 4 aliphatic rings. The van der Waals surface area contributed by atoms with Crippen molar-refractivity contribution in [3.8, 4) is 11.8 Å². The van der Waals surface area contributed by atoms with Gasteiger partial charge >= 0.3 is 5.97 Å². The van der Waals surface area contributed by atoms with Crippen molar-refractivity contribution in [3.63, 3.8) is 0 Å². The smallest absolute Gasteiger partial charge is 0.332 e. The lowest BCUT2D eigenvalue weighted by Crippen LogP contribution is -2.66. The van der Waals surface area contributed by atoms with Crippen LogP contribution in [-0.2, 0) is 22.5 Å². The Bertz CT molecular complexity index is 1340. The van der Waals surface area contributed by atoms with Gasteiger partial charge < -0.3 is 30.6 Å². The topological polar surface area (TPSA) is 134 Å². The van der Waals surface area contributed by atoms with Crippen molar-refractivity contribution < 1.29 is 23.4 Å². The van der Waals surface area contributed by atoms with Gasteiger partial charge in [0.1, 0.15) is 12.4 Å². The molecule has 3 aromatic heterocycles. The van der Waals surface area contributed by atoms with Gasteiger partial charge in [-0.2, -0.15) is 0 Å². The fourth-order valence-electron chi connectivity index (χ4n) is 5.60. The second kappa shape index (κ2) is 9.16. The number of hydrogen-bond acceptors (Lipinski definition) is 10. The number of pyridine rings is 3. The standard InChI is InChI=1S/C26H29FN6O4/c1-35-21-5-4-18-23(33-21)16(17(27)12-29-18)10-20(28)26-8-6-25(7-9-26,14-36-26)31-11-15-2-3-19-24(32-15)37-22(34)13-30-19/h2-5,12,20,30-31H,6-11,13-14,28H2,1H3. The Morgan fingerprint density at radius 2 is 2.05 bits per heavy atom. The molecule has 1 unspecified atom stereocenters. The van der Waals surface area contributed by atoms with E-state index in [1.54, 1.807) is 12.1 Å². The molecule has 0 amide bonds. The normalized spacial score (nSPS) is 25.3. The van der Waals surface area contributed by atoms with E-state index >= 15 is 0 Å². The molecular formula is C26H29FN6O4. The number of aromatic nitrogens is 3. The van der Waals surface area contributed by atoms with E-state index in [2.05, 4.69) is 25.6 Å². The zero-order chi connectivity index (χ0) is 25.6. The van der Waals surface area contributed by atoms with Crippen molar-refractivity contribution in [1.29, 1.82) is 0 Å². The van der Waals surface area contributed by atoms with Crippen LogP contribution in [0.15, 0.2) is 30.5 Å². The van der Waals surface area contributed by atoms with Gasteiger partial charge in [-0.05, 0) is 50.3 Å². The fraction of sp³-hybridized carbons (Fsp3) is 0.462. The predicted molar refractivity (Wildman–Crippen MR) is 133 cm³/mol. The number of hydrogen-bond donors (Lipinski definition) is 3. The van der Waals surface area contributed by atoms with E-state index in [1.807, 2.05) is 12.1 Å². The highest BCUT2D eigenvalue weighted by molar-refractivity contribution is 5.82. The fourth-order valence-corrected chi connectivity index (χ4v) is 5.60. The van der Waals surface area contributed by atoms with Crippen LogP contribution < -0.4 is 25.8 Å². The summed E-state index contributed by atoms with van der Waals surface area (Å²) in [6, 6.07) is 6.86. The lowest BCUT2D eigenvalue weighted by Gasteiger charge is -2.55. The number of halogens is 1. The Labute approximate surface area is 213 Å². The van der Waals surface area contributed by atoms with Crippen molar-refractivity contribution in [2.24, 2.45) is 5.73 Å². The lowest BCUT2D eigenvalue weighted by molar-refractivity contribution is -0.173. The van der Waals surface area contributed by atoms with Gasteiger partial charge in [0.2, 0.25) is 11.8 Å². The lowest BCUT2D eigenvalue weighted by atomic mass is 9.67. The maximum Gasteiger partial charge on any atom is 0.332 e. The van der Waals surface area contributed by atoms with E-state index in [1.165, 1.54) is 13.3 Å². The van der Waals surface area contributed by atoms with Crippen LogP contribution >= 0.6 is 0 Å². The summed E-state index contributed by atoms with van der Waals surface area (Å²) in [5, 5.41) is 6.62. The molecule has 6 heterocycles. The summed E-state index contributed by atoms with van der Waals surface area (Å²) >= 11 is 0. The Morgan fingerprint density at radius 3 is 2.81 bits per heavy atom. The molecule has 1 atom stereocenters. The summed E-state index contributed by atoms with van der Waals surface area (Å²) in [5.74, 6) is -0.0669. The second-order valence-corrected chi connectivity index (χ2v) is 10.1. The summed E-state index contributed by atoms with van der Waals surface area (Å²) in [7, 11) is 1.52. The number of rotatable bonds is 7. The minimum Gasteiger partial charge on any atom is -0.481 e. The van der Waals surface area contributed by atoms with Crippen molar-refractivity contribution in [2.75, 3.05) is 25.6 Å². The number of carbonyl (C=O) groups is 1. The van der Waals surface area contributed by atoms with E-state index < -0.39 is 17.5 Å². The van der Waals surface area contributed by atoms with Crippen LogP contribution in [0.4, 0.5) is 10.1 Å². The molecule has 194 valence electrons. The van der Waals surface area contributed by atoms with Crippen LogP contribution in [0.25, 0.3) is 11.0 Å². The third-order valence-corrected chi connectivity index (χ3v) is 7.93. The first-order valence-electron chi connectivity index (χ1n) is 12.5. The van der Waals surface area contributed by atoms with Crippen LogP contribution in [-0.4, -0.2) is 58.4 Å². The molecule has 3 aliphatic heterocycles. The Morgan fingerprint density at radius 1 is 1.22 bits per heavy atom. The van der Waals surface area contributed by atoms with Gasteiger partial charge in [-0.15, -0.1) is 0 Å². The Kier molecular flexibility index (Phi) is 5.93. The number of nitrogens with one attached hydrogen (secondary N) is 2. The van der Waals surface area contributed by atoms with Gasteiger partial charge in [-0.3, -0.25) is 4.98 Å². The first-order valence-corrected chi connectivity index (χ1v) is 12.5.